The molecule has 4 rings (SSSR count). The molecule has 4 nitrogen and oxygen atoms in total. The molecule has 4 fully saturated rings. The van der Waals surface area contributed by atoms with E-state index in [0.717, 1.165) is 37.1 Å². The van der Waals surface area contributed by atoms with Crippen LogP contribution in [-0.4, -0.2) is 71.5 Å². The largest absolute Gasteiger partial charge is 0.343 e. The van der Waals surface area contributed by atoms with E-state index < -0.39 is 0 Å². The van der Waals surface area contributed by atoms with E-state index in [1.54, 1.807) is 6.92 Å². The average molecular weight is 334 g/mol. The van der Waals surface area contributed by atoms with E-state index in [1.807, 2.05) is 0 Å². The first-order valence-electron chi connectivity index (χ1n) is 10.5. The van der Waals surface area contributed by atoms with E-state index in [9.17, 15) is 4.79 Å². The fourth-order valence-corrected chi connectivity index (χ4v) is 6.13. The zero-order valence-electron chi connectivity index (χ0n) is 15.5. The first-order chi connectivity index (χ1) is 11.7. The minimum atomic E-state index is 0.262. The van der Waals surface area contributed by atoms with Gasteiger partial charge in [0.25, 0.3) is 0 Å². The Balaban J connectivity index is 1.48. The lowest BCUT2D eigenvalue weighted by Gasteiger charge is -2.53. The predicted molar refractivity (Wildman–Crippen MR) is 96.9 cm³/mol. The number of hydrogen-bond acceptors (Lipinski definition) is 3. The zero-order valence-corrected chi connectivity index (χ0v) is 15.5. The average Bonchev–Trinajstić information content (AvgIpc) is 3.10. The molecule has 24 heavy (non-hydrogen) atoms. The molecule has 4 aliphatic rings. The molecule has 0 radical (unpaired) electrons. The number of carbonyl (C=O) groups is 1. The first kappa shape index (κ1) is 16.8. The molecule has 0 N–H and O–H groups in total. The van der Waals surface area contributed by atoms with E-state index in [2.05, 4.69) is 14.7 Å². The zero-order chi connectivity index (χ0) is 16.5. The van der Waals surface area contributed by atoms with Crippen molar-refractivity contribution >= 4 is 5.91 Å². The lowest BCUT2D eigenvalue weighted by atomic mass is 9.78. The highest BCUT2D eigenvalue weighted by Gasteiger charge is 2.45. The van der Waals surface area contributed by atoms with Gasteiger partial charge in [0.2, 0.25) is 5.91 Å². The monoisotopic (exact) mass is 333 g/mol. The number of nitrogens with zero attached hydrogens (tertiary/aromatic N) is 3. The Kier molecular flexibility index (Phi) is 5.14. The van der Waals surface area contributed by atoms with Crippen molar-refractivity contribution in [1.82, 2.24) is 14.7 Å². The Labute approximate surface area is 147 Å². The molecular formula is C20H35N3O. The van der Waals surface area contributed by atoms with Crippen LogP contribution in [0, 0.1) is 5.92 Å². The van der Waals surface area contributed by atoms with Gasteiger partial charge >= 0.3 is 0 Å². The van der Waals surface area contributed by atoms with Gasteiger partial charge in [0.1, 0.15) is 0 Å². The van der Waals surface area contributed by atoms with Crippen LogP contribution in [0.2, 0.25) is 0 Å². The third-order valence-corrected chi connectivity index (χ3v) is 7.35. The molecule has 1 saturated carbocycles. The van der Waals surface area contributed by atoms with E-state index in [0.29, 0.717) is 0 Å². The Morgan fingerprint density at radius 3 is 2.25 bits per heavy atom. The highest BCUT2D eigenvalue weighted by Crippen LogP contribution is 2.39. The standard InChI is InChI=1S/C20H35N3O/c1-16(24)21-12-9-18(10-13-21)23-15-14-22-11-5-8-19(22)20(23)17-6-3-2-4-7-17/h17-20H,2-15H2,1H3/t19-,20-/m0/s1. The van der Waals surface area contributed by atoms with Gasteiger partial charge in [-0.3, -0.25) is 14.6 Å². The summed E-state index contributed by atoms with van der Waals surface area (Å²) in [6, 6.07) is 2.35. The van der Waals surface area contributed by atoms with E-state index in [4.69, 9.17) is 0 Å². The number of amides is 1. The maximum absolute atomic E-state index is 11.6. The van der Waals surface area contributed by atoms with E-state index in [1.165, 1.54) is 77.4 Å². The van der Waals surface area contributed by atoms with Crippen molar-refractivity contribution in [3.8, 4) is 0 Å². The summed E-state index contributed by atoms with van der Waals surface area (Å²) < 4.78 is 0. The Morgan fingerprint density at radius 2 is 1.54 bits per heavy atom. The summed E-state index contributed by atoms with van der Waals surface area (Å²) in [4.78, 5) is 19.4. The molecule has 136 valence electrons. The summed E-state index contributed by atoms with van der Waals surface area (Å²) in [5, 5.41) is 0. The normalized spacial score (nSPS) is 34.5. The van der Waals surface area contributed by atoms with Crippen molar-refractivity contribution < 1.29 is 4.79 Å². The number of piperazine rings is 1. The van der Waals surface area contributed by atoms with Crippen molar-refractivity contribution in [3.63, 3.8) is 0 Å². The lowest BCUT2D eigenvalue weighted by Crippen LogP contribution is -2.63. The molecule has 0 aromatic carbocycles. The van der Waals surface area contributed by atoms with Crippen LogP contribution < -0.4 is 0 Å². The van der Waals surface area contributed by atoms with Gasteiger partial charge in [0.15, 0.2) is 0 Å². The maximum atomic E-state index is 11.6. The SMILES string of the molecule is CC(=O)N1CCC(N2CCN3CCC[C@H]3[C@@H]2C2CCCCC2)CC1. The van der Waals surface area contributed by atoms with Crippen LogP contribution in [0.1, 0.15) is 64.7 Å². The molecule has 4 heteroatoms. The molecule has 3 heterocycles. The summed E-state index contributed by atoms with van der Waals surface area (Å²) in [5.74, 6) is 1.19. The number of hydrogen-bond donors (Lipinski definition) is 0. The molecule has 0 spiro atoms. The Morgan fingerprint density at radius 1 is 0.792 bits per heavy atom. The van der Waals surface area contributed by atoms with Gasteiger partial charge < -0.3 is 4.90 Å². The summed E-state index contributed by atoms with van der Waals surface area (Å²) >= 11 is 0. The number of carbonyl (C=O) groups excluding carboxylic acids is 1. The van der Waals surface area contributed by atoms with Gasteiger partial charge in [-0.25, -0.2) is 0 Å². The van der Waals surface area contributed by atoms with Crippen molar-refractivity contribution in [1.29, 1.82) is 0 Å². The molecule has 2 atom stereocenters. The summed E-state index contributed by atoms with van der Waals surface area (Å²) in [5.41, 5.74) is 0. The molecule has 1 amide bonds. The van der Waals surface area contributed by atoms with Crippen LogP contribution in [0.3, 0.4) is 0 Å². The second kappa shape index (κ2) is 7.33. The minimum Gasteiger partial charge on any atom is -0.343 e. The minimum absolute atomic E-state index is 0.262. The quantitative estimate of drug-likeness (QED) is 0.777. The van der Waals surface area contributed by atoms with Gasteiger partial charge in [-0.15, -0.1) is 0 Å². The first-order valence-corrected chi connectivity index (χ1v) is 10.5. The van der Waals surface area contributed by atoms with Gasteiger partial charge in [0.05, 0.1) is 0 Å². The highest BCUT2D eigenvalue weighted by molar-refractivity contribution is 5.73. The third-order valence-electron chi connectivity index (χ3n) is 7.35. The van der Waals surface area contributed by atoms with Crippen LogP contribution in [0.4, 0.5) is 0 Å². The molecule has 0 aromatic rings. The van der Waals surface area contributed by atoms with Crippen LogP contribution in [0.25, 0.3) is 0 Å². The lowest BCUT2D eigenvalue weighted by molar-refractivity contribution is -0.131. The van der Waals surface area contributed by atoms with E-state index >= 15 is 0 Å². The van der Waals surface area contributed by atoms with Crippen LogP contribution in [-0.2, 0) is 4.79 Å². The second-order valence-corrected chi connectivity index (χ2v) is 8.61. The Bertz CT molecular complexity index is 440. The van der Waals surface area contributed by atoms with Gasteiger partial charge in [-0.1, -0.05) is 19.3 Å². The van der Waals surface area contributed by atoms with Crippen LogP contribution in [0.5, 0.6) is 0 Å². The van der Waals surface area contributed by atoms with Gasteiger partial charge in [-0.05, 0) is 51.0 Å². The Hall–Kier alpha value is -0.610. The molecule has 0 bridgehead atoms. The predicted octanol–water partition coefficient (Wildman–Crippen LogP) is 2.73. The smallest absolute Gasteiger partial charge is 0.219 e. The topological polar surface area (TPSA) is 26.8 Å². The number of fused-ring (bicyclic) bond motifs is 1. The molecule has 0 unspecified atom stereocenters. The van der Waals surface area contributed by atoms with E-state index in [-0.39, 0.29) is 5.91 Å². The maximum Gasteiger partial charge on any atom is 0.219 e. The fourth-order valence-electron chi connectivity index (χ4n) is 6.13. The van der Waals surface area contributed by atoms with Crippen molar-refractivity contribution in [2.24, 2.45) is 5.92 Å². The van der Waals surface area contributed by atoms with Crippen molar-refractivity contribution in [3.05, 3.63) is 0 Å². The summed E-state index contributed by atoms with van der Waals surface area (Å²) in [6.07, 6.45) is 12.5. The summed E-state index contributed by atoms with van der Waals surface area (Å²) in [7, 11) is 0. The number of likely N-dealkylation sites (tertiary alicyclic amines) is 1. The molecule has 0 aromatic heterocycles. The summed E-state index contributed by atoms with van der Waals surface area (Å²) in [6.45, 7) is 7.56. The molecule has 3 saturated heterocycles. The number of piperidine rings is 1. The van der Waals surface area contributed by atoms with Crippen molar-refractivity contribution in [2.45, 2.75) is 82.8 Å². The van der Waals surface area contributed by atoms with Crippen molar-refractivity contribution in [2.75, 3.05) is 32.7 Å². The third kappa shape index (κ3) is 3.24. The second-order valence-electron chi connectivity index (χ2n) is 8.61. The number of rotatable bonds is 2. The molecule has 3 aliphatic heterocycles. The van der Waals surface area contributed by atoms with Gasteiger partial charge in [0, 0.05) is 51.2 Å². The fraction of sp³-hybridized carbons (Fsp3) is 0.950. The van der Waals surface area contributed by atoms with Crippen LogP contribution in [0.15, 0.2) is 0 Å². The van der Waals surface area contributed by atoms with Crippen LogP contribution >= 0.6 is 0 Å². The van der Waals surface area contributed by atoms with Gasteiger partial charge in [-0.2, -0.15) is 0 Å². The highest BCUT2D eigenvalue weighted by atomic mass is 16.2. The molecular weight excluding hydrogens is 298 g/mol. The molecule has 1 aliphatic carbocycles.